The van der Waals surface area contributed by atoms with Crippen molar-refractivity contribution in [3.05, 3.63) is 33.9 Å². The molecule has 1 aromatic rings. The Morgan fingerprint density at radius 2 is 1.59 bits per heavy atom. The summed E-state index contributed by atoms with van der Waals surface area (Å²) in [5.41, 5.74) is 5.69. The summed E-state index contributed by atoms with van der Waals surface area (Å²) in [5.74, 6) is 0.299. The molecule has 0 amide bonds. The summed E-state index contributed by atoms with van der Waals surface area (Å²) in [6.07, 6.45) is 2.70. The fourth-order valence-corrected chi connectivity index (χ4v) is 2.54. The summed E-state index contributed by atoms with van der Waals surface area (Å²) in [7, 11) is 0. The van der Waals surface area contributed by atoms with Gasteiger partial charge < -0.3 is 0 Å². The molecule has 0 aromatic heterocycles. The van der Waals surface area contributed by atoms with Crippen LogP contribution in [0.4, 0.5) is 0 Å². The molecule has 1 nitrogen and oxygen atoms in total. The lowest BCUT2D eigenvalue weighted by molar-refractivity contribution is 0.0978. The summed E-state index contributed by atoms with van der Waals surface area (Å²) in [4.78, 5) is 12.3. The number of unbranched alkanes of at least 4 members (excludes halogenated alkanes) is 1. The van der Waals surface area contributed by atoms with Crippen LogP contribution in [0.5, 0.6) is 0 Å². The van der Waals surface area contributed by atoms with Crippen molar-refractivity contribution in [1.82, 2.24) is 0 Å². The fourth-order valence-electron chi connectivity index (χ4n) is 2.14. The highest BCUT2D eigenvalue weighted by Crippen LogP contribution is 2.23. The third-order valence-electron chi connectivity index (χ3n) is 3.43. The monoisotopic (exact) mass is 296 g/mol. The lowest BCUT2D eigenvalue weighted by atomic mass is 9.90. The third kappa shape index (κ3) is 3.41. The highest BCUT2D eigenvalue weighted by Gasteiger charge is 2.15. The number of rotatable bonds is 5. The van der Waals surface area contributed by atoms with Gasteiger partial charge in [-0.15, -0.1) is 0 Å². The van der Waals surface area contributed by atoms with Gasteiger partial charge in [-0.05, 0) is 62.8 Å². The molecule has 2 heteroatoms. The van der Waals surface area contributed by atoms with Crippen LogP contribution in [0.3, 0.4) is 0 Å². The van der Waals surface area contributed by atoms with Gasteiger partial charge in [0.15, 0.2) is 5.78 Å². The van der Waals surface area contributed by atoms with Gasteiger partial charge in [-0.25, -0.2) is 0 Å². The normalized spacial score (nSPS) is 10.6. The molecule has 1 rings (SSSR count). The van der Waals surface area contributed by atoms with Gasteiger partial charge in [0.2, 0.25) is 0 Å². The van der Waals surface area contributed by atoms with Crippen LogP contribution in [0, 0.1) is 27.7 Å². The van der Waals surface area contributed by atoms with Gasteiger partial charge in [-0.2, -0.15) is 0 Å². The van der Waals surface area contributed by atoms with Crippen LogP contribution >= 0.6 is 15.9 Å². The molecule has 0 saturated heterocycles. The molecule has 0 radical (unpaired) electrons. The number of alkyl halides is 1. The number of carbonyl (C=O) groups is 1. The molecule has 0 N–H and O–H groups in total. The van der Waals surface area contributed by atoms with E-state index in [1.807, 2.05) is 0 Å². The van der Waals surface area contributed by atoms with Gasteiger partial charge in [0.05, 0.1) is 0 Å². The van der Waals surface area contributed by atoms with Gasteiger partial charge in [-0.1, -0.05) is 22.0 Å². The summed E-state index contributed by atoms with van der Waals surface area (Å²) >= 11 is 3.40. The topological polar surface area (TPSA) is 17.1 Å². The summed E-state index contributed by atoms with van der Waals surface area (Å²) in [5, 5.41) is 0.977. The first-order valence-electron chi connectivity index (χ1n) is 6.15. The van der Waals surface area contributed by atoms with E-state index in [0.717, 1.165) is 34.9 Å². The molecule has 1 aromatic carbocycles. The molecular formula is C15H21BrO. The highest BCUT2D eigenvalue weighted by molar-refractivity contribution is 9.09. The number of benzene rings is 1. The Morgan fingerprint density at radius 1 is 1.06 bits per heavy atom. The van der Waals surface area contributed by atoms with E-state index in [2.05, 4.69) is 49.7 Å². The smallest absolute Gasteiger partial charge is 0.163 e. The second-order valence-corrected chi connectivity index (χ2v) is 5.50. The van der Waals surface area contributed by atoms with E-state index in [9.17, 15) is 4.79 Å². The molecule has 0 aliphatic rings. The Balaban J connectivity index is 3.00. The number of carbonyl (C=O) groups excluding carboxylic acids is 1. The van der Waals surface area contributed by atoms with Gasteiger partial charge in [-0.3, -0.25) is 4.79 Å². The fraction of sp³-hybridized carbons (Fsp3) is 0.533. The molecular weight excluding hydrogens is 276 g/mol. The first kappa shape index (κ1) is 14.4. The number of hydrogen-bond donors (Lipinski definition) is 0. The maximum atomic E-state index is 12.3. The van der Waals surface area contributed by atoms with Crippen molar-refractivity contribution < 1.29 is 4.79 Å². The first-order chi connectivity index (χ1) is 7.99. The predicted octanol–water partition coefficient (Wildman–Crippen LogP) is 4.67. The average Bonchev–Trinajstić information content (AvgIpc) is 2.27. The largest absolute Gasteiger partial charge is 0.294 e. The maximum absolute atomic E-state index is 12.3. The molecule has 0 aliphatic carbocycles. The van der Waals surface area contributed by atoms with Gasteiger partial charge >= 0.3 is 0 Å². The van der Waals surface area contributed by atoms with Gasteiger partial charge in [0.25, 0.3) is 0 Å². The van der Waals surface area contributed by atoms with E-state index in [-0.39, 0.29) is 0 Å². The Morgan fingerprint density at radius 3 is 2.06 bits per heavy atom. The number of halogens is 1. The Hall–Kier alpha value is -0.630. The molecule has 0 aliphatic heterocycles. The van der Waals surface area contributed by atoms with Crippen LogP contribution in [-0.4, -0.2) is 11.1 Å². The van der Waals surface area contributed by atoms with Crippen LogP contribution in [0.2, 0.25) is 0 Å². The zero-order chi connectivity index (χ0) is 13.0. The molecule has 94 valence electrons. The van der Waals surface area contributed by atoms with Crippen molar-refractivity contribution in [2.45, 2.75) is 47.0 Å². The average molecular weight is 297 g/mol. The Kier molecular flexibility index (Phi) is 5.38. The third-order valence-corrected chi connectivity index (χ3v) is 3.99. The minimum atomic E-state index is 0.299. The minimum absolute atomic E-state index is 0.299. The molecule has 0 atom stereocenters. The van der Waals surface area contributed by atoms with E-state index >= 15 is 0 Å². The van der Waals surface area contributed by atoms with Crippen LogP contribution in [0.25, 0.3) is 0 Å². The molecule has 0 heterocycles. The van der Waals surface area contributed by atoms with Crippen molar-refractivity contribution >= 4 is 21.7 Å². The van der Waals surface area contributed by atoms with Gasteiger partial charge in [0, 0.05) is 17.3 Å². The van der Waals surface area contributed by atoms with E-state index in [1.54, 1.807) is 0 Å². The van der Waals surface area contributed by atoms with E-state index < -0.39 is 0 Å². The second kappa shape index (κ2) is 6.34. The Bertz CT molecular complexity index is 395. The molecule has 0 fully saturated rings. The number of aryl methyl sites for hydroxylation is 2. The molecule has 17 heavy (non-hydrogen) atoms. The number of Topliss-reactive ketones (excluding diaryl/α,β-unsaturated/α-hetero) is 1. The van der Waals surface area contributed by atoms with E-state index in [4.69, 9.17) is 0 Å². The SMILES string of the molecule is Cc1cc(C)c(C)c(C(=O)CCCCBr)c1C. The predicted molar refractivity (Wildman–Crippen MR) is 77.4 cm³/mol. The van der Waals surface area contributed by atoms with E-state index in [0.29, 0.717) is 12.2 Å². The second-order valence-electron chi connectivity index (χ2n) is 4.70. The summed E-state index contributed by atoms with van der Waals surface area (Å²) < 4.78 is 0. The van der Waals surface area contributed by atoms with Crippen LogP contribution in [0.1, 0.15) is 51.9 Å². The van der Waals surface area contributed by atoms with Crippen LogP contribution < -0.4 is 0 Å². The van der Waals surface area contributed by atoms with Crippen molar-refractivity contribution in [1.29, 1.82) is 0 Å². The van der Waals surface area contributed by atoms with Crippen molar-refractivity contribution in [2.24, 2.45) is 0 Å². The number of ketones is 1. The molecule has 0 bridgehead atoms. The van der Waals surface area contributed by atoms with Crippen molar-refractivity contribution in [2.75, 3.05) is 5.33 Å². The zero-order valence-electron chi connectivity index (χ0n) is 11.2. The zero-order valence-corrected chi connectivity index (χ0v) is 12.8. The van der Waals surface area contributed by atoms with Crippen LogP contribution in [0.15, 0.2) is 6.07 Å². The standard InChI is InChI=1S/C15H21BrO/c1-10-9-11(2)13(4)15(12(10)3)14(17)7-5-6-8-16/h9H,5-8H2,1-4H3. The van der Waals surface area contributed by atoms with Crippen molar-refractivity contribution in [3.63, 3.8) is 0 Å². The quantitative estimate of drug-likeness (QED) is 0.438. The lowest BCUT2D eigenvalue weighted by Gasteiger charge is -2.14. The maximum Gasteiger partial charge on any atom is 0.163 e. The van der Waals surface area contributed by atoms with Crippen molar-refractivity contribution in [3.8, 4) is 0 Å². The molecule has 0 unspecified atom stereocenters. The van der Waals surface area contributed by atoms with E-state index in [1.165, 1.54) is 11.1 Å². The van der Waals surface area contributed by atoms with Gasteiger partial charge in [0.1, 0.15) is 0 Å². The first-order valence-corrected chi connectivity index (χ1v) is 7.27. The summed E-state index contributed by atoms with van der Waals surface area (Å²) in [6.45, 7) is 8.27. The molecule has 0 saturated carbocycles. The van der Waals surface area contributed by atoms with Crippen LogP contribution in [-0.2, 0) is 0 Å². The lowest BCUT2D eigenvalue weighted by Crippen LogP contribution is -2.07. The summed E-state index contributed by atoms with van der Waals surface area (Å²) in [6, 6.07) is 2.17. The number of hydrogen-bond acceptors (Lipinski definition) is 1. The highest BCUT2D eigenvalue weighted by atomic mass is 79.9. The minimum Gasteiger partial charge on any atom is -0.294 e. The molecule has 0 spiro atoms. The Labute approximate surface area is 113 Å².